The number of hydrogen-bond acceptors (Lipinski definition) is 12. The number of likely N-dealkylation sites (tertiary alicyclic amines) is 2. The number of carbonyl (C=O) groups excluding carboxylic acids is 2. The largest absolute Gasteiger partial charge is 0.491 e. The molecule has 16 heteroatoms. The van der Waals surface area contributed by atoms with Crippen molar-refractivity contribution in [3.63, 3.8) is 0 Å². The van der Waals surface area contributed by atoms with Crippen molar-refractivity contribution < 1.29 is 19.1 Å². The number of rotatable bonds is 13. The van der Waals surface area contributed by atoms with Gasteiger partial charge in [-0.25, -0.2) is 14.8 Å². The fourth-order valence-electron chi connectivity index (χ4n) is 10.2. The molecule has 340 valence electrons. The summed E-state index contributed by atoms with van der Waals surface area (Å²) in [7, 11) is 1.77. The van der Waals surface area contributed by atoms with Crippen LogP contribution in [0.1, 0.15) is 80.4 Å². The first-order valence-corrected chi connectivity index (χ1v) is 23.2. The van der Waals surface area contributed by atoms with Crippen LogP contribution in [0.25, 0.3) is 11.0 Å². The lowest BCUT2D eigenvalue weighted by atomic mass is 9.77. The molecular weight excluding hydrogens is 844 g/mol. The third kappa shape index (κ3) is 8.97. The summed E-state index contributed by atoms with van der Waals surface area (Å²) in [6.45, 7) is 15.5. The highest BCUT2D eigenvalue weighted by Crippen LogP contribution is 2.39. The molecular formula is C49H57ClN10O5. The lowest BCUT2D eigenvalue weighted by molar-refractivity contribution is -0.135. The first-order chi connectivity index (χ1) is 31.4. The number of nitriles is 1. The number of ether oxygens (including phenoxy) is 2. The number of para-hydroxylation sites is 1. The lowest BCUT2D eigenvalue weighted by Crippen LogP contribution is -2.62. The Labute approximate surface area is 384 Å². The molecule has 2 aromatic heterocycles. The second-order valence-electron chi connectivity index (χ2n) is 18.3. The van der Waals surface area contributed by atoms with Crippen LogP contribution in [0.2, 0.25) is 5.02 Å². The van der Waals surface area contributed by atoms with E-state index in [1.165, 1.54) is 0 Å². The number of imide groups is 1. The molecule has 4 aliphatic heterocycles. The maximum Gasteiger partial charge on any atom is 0.329 e. The molecule has 1 atom stereocenters. The maximum atomic E-state index is 13.4. The van der Waals surface area contributed by atoms with Gasteiger partial charge in [0.2, 0.25) is 17.8 Å². The van der Waals surface area contributed by atoms with E-state index in [0.29, 0.717) is 48.1 Å². The highest BCUT2D eigenvalue weighted by atomic mass is 35.5. The molecule has 4 fully saturated rings. The number of nitrogens with zero attached hydrogens (tertiary/aromatic N) is 9. The van der Waals surface area contributed by atoms with Crippen molar-refractivity contribution in [3.8, 4) is 17.6 Å². The molecule has 3 aromatic carbocycles. The van der Waals surface area contributed by atoms with Gasteiger partial charge in [0.25, 0.3) is 0 Å². The van der Waals surface area contributed by atoms with Gasteiger partial charge in [-0.3, -0.25) is 38.7 Å². The first kappa shape index (κ1) is 44.4. The summed E-state index contributed by atoms with van der Waals surface area (Å²) < 4.78 is 15.0. The van der Waals surface area contributed by atoms with Crippen LogP contribution in [0.3, 0.4) is 0 Å². The lowest BCUT2D eigenvalue weighted by Gasteiger charge is -2.49. The standard InChI is InChI=1S/C49H57ClN10O5/c1-5-64-45-33(27-51)25-35(26-40(45)50)49(2,3)34-9-11-39(12-10-34)65-31-36-15-18-52-47(53-36)59-23-21-58(22-24-59)37-16-19-57(20-17-37)38-29-56(30-38)28-32-7-6-8-41-44(32)55(4)48(63)60(41)42-13-14-43(61)54-46(42)62/h6-12,15,18,25-26,37-38,42H,5,13-14,16-17,19-24,28-31H2,1-4H3,(H,54,61,62). The van der Waals surface area contributed by atoms with E-state index in [9.17, 15) is 19.6 Å². The Morgan fingerprint density at radius 2 is 1.63 bits per heavy atom. The smallest absolute Gasteiger partial charge is 0.329 e. The number of anilines is 1. The predicted octanol–water partition coefficient (Wildman–Crippen LogP) is 5.41. The second kappa shape index (κ2) is 18.6. The van der Waals surface area contributed by atoms with E-state index in [-0.39, 0.29) is 18.0 Å². The van der Waals surface area contributed by atoms with E-state index in [1.807, 2.05) is 67.7 Å². The van der Waals surface area contributed by atoms with Gasteiger partial charge in [0.15, 0.2) is 5.75 Å². The average molecular weight is 902 g/mol. The molecule has 0 aliphatic carbocycles. The van der Waals surface area contributed by atoms with E-state index in [0.717, 1.165) is 117 Å². The number of fused-ring (bicyclic) bond motifs is 1. The van der Waals surface area contributed by atoms with Crippen molar-refractivity contribution in [1.29, 1.82) is 5.26 Å². The Morgan fingerprint density at radius 1 is 0.892 bits per heavy atom. The Morgan fingerprint density at radius 3 is 2.34 bits per heavy atom. The molecule has 5 aromatic rings. The Hall–Kier alpha value is -5.79. The number of piperazine rings is 1. The van der Waals surface area contributed by atoms with Crippen molar-refractivity contribution in [3.05, 3.63) is 110 Å². The number of hydrogen-bond donors (Lipinski definition) is 1. The van der Waals surface area contributed by atoms with Crippen molar-refractivity contribution in [2.75, 3.05) is 63.9 Å². The van der Waals surface area contributed by atoms with Crippen LogP contribution in [0.4, 0.5) is 5.95 Å². The summed E-state index contributed by atoms with van der Waals surface area (Å²) in [4.78, 5) is 57.4. The topological polar surface area (TPSA) is 154 Å². The molecule has 0 saturated carbocycles. The van der Waals surface area contributed by atoms with E-state index >= 15 is 0 Å². The van der Waals surface area contributed by atoms with Gasteiger partial charge in [0.1, 0.15) is 24.5 Å². The Kier molecular flexibility index (Phi) is 12.7. The van der Waals surface area contributed by atoms with Gasteiger partial charge in [0, 0.05) is 96.1 Å². The molecule has 0 bridgehead atoms. The van der Waals surface area contributed by atoms with Gasteiger partial charge in [0.05, 0.1) is 33.9 Å². The minimum absolute atomic E-state index is 0.224. The molecule has 9 rings (SSSR count). The monoisotopic (exact) mass is 900 g/mol. The summed E-state index contributed by atoms with van der Waals surface area (Å²) in [6.07, 6.45) is 4.68. The van der Waals surface area contributed by atoms with Crippen molar-refractivity contribution in [2.24, 2.45) is 7.05 Å². The van der Waals surface area contributed by atoms with Gasteiger partial charge in [-0.1, -0.05) is 49.7 Å². The number of aryl methyl sites for hydroxylation is 1. The van der Waals surface area contributed by atoms with Gasteiger partial charge in [-0.2, -0.15) is 5.26 Å². The zero-order chi connectivity index (χ0) is 45.4. The molecule has 0 spiro atoms. The number of aromatic nitrogens is 4. The van der Waals surface area contributed by atoms with Crippen molar-refractivity contribution in [2.45, 2.75) is 83.1 Å². The second-order valence-corrected chi connectivity index (χ2v) is 18.7. The molecule has 65 heavy (non-hydrogen) atoms. The molecule has 1 N–H and O–H groups in total. The van der Waals surface area contributed by atoms with Gasteiger partial charge in [-0.15, -0.1) is 0 Å². The molecule has 6 heterocycles. The van der Waals surface area contributed by atoms with Gasteiger partial charge >= 0.3 is 5.69 Å². The number of carbonyl (C=O) groups is 2. The fraction of sp³-hybridized carbons (Fsp3) is 0.469. The number of piperidine rings is 2. The van der Waals surface area contributed by atoms with Gasteiger partial charge in [-0.05, 0) is 79.3 Å². The number of amides is 2. The predicted molar refractivity (Wildman–Crippen MR) is 248 cm³/mol. The summed E-state index contributed by atoms with van der Waals surface area (Å²) in [5.41, 5.74) is 5.25. The summed E-state index contributed by atoms with van der Waals surface area (Å²) in [5, 5.41) is 12.6. The van der Waals surface area contributed by atoms with E-state index in [2.05, 4.69) is 55.9 Å². The van der Waals surface area contributed by atoms with Crippen LogP contribution >= 0.6 is 11.6 Å². The van der Waals surface area contributed by atoms with Crippen LogP contribution in [-0.2, 0) is 35.2 Å². The number of imidazole rings is 1. The van der Waals surface area contributed by atoms with Crippen LogP contribution in [0, 0.1) is 11.3 Å². The van der Waals surface area contributed by atoms with E-state index < -0.39 is 17.4 Å². The number of benzene rings is 3. The van der Waals surface area contributed by atoms with E-state index in [1.54, 1.807) is 16.2 Å². The maximum absolute atomic E-state index is 13.4. The average Bonchev–Trinajstić information content (AvgIpc) is 3.56. The van der Waals surface area contributed by atoms with Crippen LogP contribution in [0.5, 0.6) is 11.5 Å². The van der Waals surface area contributed by atoms with E-state index in [4.69, 9.17) is 26.1 Å². The fourth-order valence-corrected chi connectivity index (χ4v) is 10.4. The van der Waals surface area contributed by atoms with Crippen molar-refractivity contribution in [1.82, 2.24) is 39.1 Å². The SMILES string of the molecule is CCOc1c(Cl)cc(C(C)(C)c2ccc(OCc3ccnc(N4CCN(C5CCN(C6CN(Cc7cccc8c7n(C)c(=O)n8C7CCC(=O)NC7=O)C6)CC5)CC4)n3)cc2)cc1C#N. The Balaban J connectivity index is 0.725. The summed E-state index contributed by atoms with van der Waals surface area (Å²) in [5.74, 6) is 1.20. The highest BCUT2D eigenvalue weighted by Gasteiger charge is 2.37. The Bertz CT molecular complexity index is 2670. The minimum atomic E-state index is -0.686. The number of halogens is 1. The quantitative estimate of drug-likeness (QED) is 0.151. The summed E-state index contributed by atoms with van der Waals surface area (Å²) >= 11 is 6.55. The zero-order valence-corrected chi connectivity index (χ0v) is 38.4. The molecule has 4 saturated heterocycles. The molecule has 4 aliphatic rings. The first-order valence-electron chi connectivity index (χ1n) is 22.8. The third-order valence-electron chi connectivity index (χ3n) is 14.0. The molecule has 0 radical (unpaired) electrons. The highest BCUT2D eigenvalue weighted by molar-refractivity contribution is 6.32. The third-order valence-corrected chi connectivity index (χ3v) is 14.3. The molecule has 15 nitrogen and oxygen atoms in total. The number of nitrogens with one attached hydrogen (secondary N) is 1. The zero-order valence-electron chi connectivity index (χ0n) is 37.6. The normalized spacial score (nSPS) is 19.6. The summed E-state index contributed by atoms with van der Waals surface area (Å²) in [6, 6.07) is 22.2. The van der Waals surface area contributed by atoms with Crippen LogP contribution in [-0.4, -0.2) is 117 Å². The van der Waals surface area contributed by atoms with Crippen molar-refractivity contribution >= 4 is 40.4 Å². The van der Waals surface area contributed by atoms with Crippen LogP contribution in [0.15, 0.2) is 71.7 Å². The van der Waals surface area contributed by atoms with Gasteiger partial charge < -0.3 is 14.4 Å². The molecule has 1 unspecified atom stereocenters. The minimum Gasteiger partial charge on any atom is -0.491 e. The molecule has 2 amide bonds. The van der Waals surface area contributed by atoms with Crippen LogP contribution < -0.4 is 25.4 Å².